The van der Waals surface area contributed by atoms with E-state index in [9.17, 15) is 9.59 Å². The van der Waals surface area contributed by atoms with Crippen molar-refractivity contribution in [2.24, 2.45) is 11.8 Å². The van der Waals surface area contributed by atoms with Gasteiger partial charge in [-0.05, 0) is 25.2 Å². The first kappa shape index (κ1) is 14.8. The Balaban J connectivity index is 2.52. The van der Waals surface area contributed by atoms with Gasteiger partial charge in [0.05, 0.1) is 6.54 Å². The summed E-state index contributed by atoms with van der Waals surface area (Å²) in [6.45, 7) is 6.59. The first-order chi connectivity index (χ1) is 8.32. The lowest BCUT2D eigenvalue weighted by Crippen LogP contribution is -2.53. The molecule has 4 unspecified atom stereocenters. The van der Waals surface area contributed by atoms with Crippen LogP contribution in [0.5, 0.6) is 0 Å². The third kappa shape index (κ3) is 3.60. The van der Waals surface area contributed by atoms with Crippen molar-refractivity contribution in [3.63, 3.8) is 0 Å². The number of carbonyl (C=O) groups is 2. The van der Waals surface area contributed by atoms with Crippen LogP contribution in [0.25, 0.3) is 0 Å². The molecular weight excluding hydrogens is 236 g/mol. The van der Waals surface area contributed by atoms with Gasteiger partial charge in [-0.25, -0.2) is 9.59 Å². The maximum absolute atomic E-state index is 11.9. The first-order valence-electron chi connectivity index (χ1n) is 6.28. The predicted molar refractivity (Wildman–Crippen MR) is 66.2 cm³/mol. The molecule has 1 aliphatic heterocycles. The number of urea groups is 1. The highest BCUT2D eigenvalue weighted by molar-refractivity contribution is 5.77. The molecule has 0 bridgehead atoms. The summed E-state index contributed by atoms with van der Waals surface area (Å²) in [6, 6.07) is -0.177. The molecule has 0 radical (unpaired) electrons. The number of carbonyl (C=O) groups excluding carboxylic acids is 1. The smallest absolute Gasteiger partial charge is 0.334 e. The zero-order valence-electron chi connectivity index (χ0n) is 11.1. The molecule has 104 valence electrons. The van der Waals surface area contributed by atoms with Crippen LogP contribution in [0.1, 0.15) is 27.2 Å². The molecule has 0 spiro atoms. The standard InChI is InChI=1S/C12H22N2O4/c1-7-4-8(2)9(3)14(6-7)12(18)13-5-10(15)11(16)17/h7-10,15H,4-6H2,1-3H3,(H,13,18)(H,16,17). The highest BCUT2D eigenvalue weighted by Gasteiger charge is 2.32. The number of rotatable bonds is 3. The monoisotopic (exact) mass is 258 g/mol. The molecule has 0 aromatic carbocycles. The number of amides is 2. The van der Waals surface area contributed by atoms with Crippen LogP contribution in [0.15, 0.2) is 0 Å². The maximum Gasteiger partial charge on any atom is 0.334 e. The summed E-state index contributed by atoms with van der Waals surface area (Å²) < 4.78 is 0. The Hall–Kier alpha value is -1.30. The largest absolute Gasteiger partial charge is 0.479 e. The quantitative estimate of drug-likeness (QED) is 0.688. The van der Waals surface area contributed by atoms with Crippen LogP contribution in [-0.2, 0) is 4.79 Å². The minimum atomic E-state index is -1.55. The van der Waals surface area contributed by atoms with E-state index in [2.05, 4.69) is 19.2 Å². The van der Waals surface area contributed by atoms with Crippen molar-refractivity contribution in [3.05, 3.63) is 0 Å². The topological polar surface area (TPSA) is 89.9 Å². The molecule has 1 saturated heterocycles. The van der Waals surface area contributed by atoms with Crippen molar-refractivity contribution in [2.45, 2.75) is 39.3 Å². The lowest BCUT2D eigenvalue weighted by molar-refractivity contribution is -0.146. The van der Waals surface area contributed by atoms with Gasteiger partial charge in [0.15, 0.2) is 6.10 Å². The van der Waals surface area contributed by atoms with Gasteiger partial charge in [0, 0.05) is 12.6 Å². The van der Waals surface area contributed by atoms with Crippen LogP contribution in [0.3, 0.4) is 0 Å². The molecule has 6 nitrogen and oxygen atoms in total. The van der Waals surface area contributed by atoms with Gasteiger partial charge in [-0.1, -0.05) is 13.8 Å². The fraction of sp³-hybridized carbons (Fsp3) is 0.833. The van der Waals surface area contributed by atoms with E-state index in [4.69, 9.17) is 10.2 Å². The molecule has 4 atom stereocenters. The van der Waals surface area contributed by atoms with Crippen molar-refractivity contribution in [1.29, 1.82) is 0 Å². The van der Waals surface area contributed by atoms with Crippen molar-refractivity contribution in [2.75, 3.05) is 13.1 Å². The number of carboxylic acids is 1. The van der Waals surface area contributed by atoms with Crippen LogP contribution >= 0.6 is 0 Å². The number of likely N-dealkylation sites (tertiary alicyclic amines) is 1. The fourth-order valence-corrected chi connectivity index (χ4v) is 2.36. The number of piperidine rings is 1. The van der Waals surface area contributed by atoms with Crippen LogP contribution in [0.4, 0.5) is 4.79 Å². The van der Waals surface area contributed by atoms with Crippen LogP contribution in [-0.4, -0.2) is 52.3 Å². The van der Waals surface area contributed by atoms with Gasteiger partial charge >= 0.3 is 12.0 Å². The second kappa shape index (κ2) is 6.04. The molecule has 0 aromatic rings. The van der Waals surface area contributed by atoms with Crippen LogP contribution in [0, 0.1) is 11.8 Å². The number of nitrogens with one attached hydrogen (secondary N) is 1. The van der Waals surface area contributed by atoms with Crippen LogP contribution < -0.4 is 5.32 Å². The number of hydrogen-bond donors (Lipinski definition) is 3. The van der Waals surface area contributed by atoms with E-state index in [-0.39, 0.29) is 18.6 Å². The normalized spacial score (nSPS) is 29.8. The SMILES string of the molecule is CC1CC(C)C(C)N(C(=O)NCC(O)C(=O)O)C1. The summed E-state index contributed by atoms with van der Waals surface area (Å²) in [4.78, 5) is 24.1. The molecular formula is C12H22N2O4. The zero-order chi connectivity index (χ0) is 13.9. The highest BCUT2D eigenvalue weighted by atomic mass is 16.4. The van der Waals surface area contributed by atoms with Gasteiger partial charge < -0.3 is 20.4 Å². The summed E-state index contributed by atoms with van der Waals surface area (Å²) in [7, 11) is 0. The Morgan fingerprint density at radius 1 is 1.39 bits per heavy atom. The summed E-state index contributed by atoms with van der Waals surface area (Å²) in [6.07, 6.45) is -0.466. The number of hydrogen-bond acceptors (Lipinski definition) is 3. The van der Waals surface area contributed by atoms with E-state index in [1.165, 1.54) is 0 Å². The third-order valence-electron chi connectivity index (χ3n) is 3.59. The Kier molecular flexibility index (Phi) is 4.95. The summed E-state index contributed by atoms with van der Waals surface area (Å²) in [5, 5.41) is 20.1. The number of nitrogens with zero attached hydrogens (tertiary/aromatic N) is 1. The minimum Gasteiger partial charge on any atom is -0.479 e. The van der Waals surface area contributed by atoms with Gasteiger partial charge in [-0.3, -0.25) is 0 Å². The Morgan fingerprint density at radius 2 is 2.00 bits per heavy atom. The van der Waals surface area contributed by atoms with Crippen molar-refractivity contribution in [3.8, 4) is 0 Å². The van der Waals surface area contributed by atoms with E-state index in [1.54, 1.807) is 4.90 Å². The summed E-state index contributed by atoms with van der Waals surface area (Å²) in [5.41, 5.74) is 0. The maximum atomic E-state index is 11.9. The van der Waals surface area contributed by atoms with Crippen LogP contribution in [0.2, 0.25) is 0 Å². The molecule has 0 aromatic heterocycles. The average molecular weight is 258 g/mol. The van der Waals surface area contributed by atoms with E-state index in [0.29, 0.717) is 18.4 Å². The van der Waals surface area contributed by atoms with Crippen molar-refractivity contribution < 1.29 is 19.8 Å². The third-order valence-corrected chi connectivity index (χ3v) is 3.59. The van der Waals surface area contributed by atoms with Gasteiger partial charge in [0.2, 0.25) is 0 Å². The second-order valence-corrected chi connectivity index (χ2v) is 5.25. The van der Waals surface area contributed by atoms with Gasteiger partial charge in [0.25, 0.3) is 0 Å². The number of aliphatic hydroxyl groups is 1. The number of aliphatic carboxylic acids is 1. The summed E-state index contributed by atoms with van der Waals surface area (Å²) in [5.74, 6) is -0.473. The Bertz CT molecular complexity index is 321. The number of aliphatic hydroxyl groups excluding tert-OH is 1. The fourth-order valence-electron chi connectivity index (χ4n) is 2.36. The minimum absolute atomic E-state index is 0.128. The number of carboxylic acid groups (broad SMARTS) is 1. The van der Waals surface area contributed by atoms with E-state index in [1.807, 2.05) is 6.92 Å². The van der Waals surface area contributed by atoms with Gasteiger partial charge in [-0.15, -0.1) is 0 Å². The average Bonchev–Trinajstić information content (AvgIpc) is 2.29. The van der Waals surface area contributed by atoms with Gasteiger partial charge in [0.1, 0.15) is 0 Å². The molecule has 1 rings (SSSR count). The molecule has 3 N–H and O–H groups in total. The Labute approximate surface area is 107 Å². The van der Waals surface area contributed by atoms with E-state index >= 15 is 0 Å². The lowest BCUT2D eigenvalue weighted by Gasteiger charge is -2.41. The first-order valence-corrected chi connectivity index (χ1v) is 6.28. The molecule has 2 amide bonds. The molecule has 6 heteroatoms. The molecule has 1 heterocycles. The highest BCUT2D eigenvalue weighted by Crippen LogP contribution is 2.26. The van der Waals surface area contributed by atoms with Crippen molar-refractivity contribution >= 4 is 12.0 Å². The second-order valence-electron chi connectivity index (χ2n) is 5.25. The van der Waals surface area contributed by atoms with E-state index < -0.39 is 12.1 Å². The molecule has 18 heavy (non-hydrogen) atoms. The predicted octanol–water partition coefficient (Wildman–Crippen LogP) is 0.508. The zero-order valence-corrected chi connectivity index (χ0v) is 11.1. The Morgan fingerprint density at radius 3 is 2.56 bits per heavy atom. The molecule has 0 saturated carbocycles. The molecule has 0 aliphatic carbocycles. The molecule has 1 aliphatic rings. The summed E-state index contributed by atoms with van der Waals surface area (Å²) >= 11 is 0. The van der Waals surface area contributed by atoms with E-state index in [0.717, 1.165) is 6.42 Å². The van der Waals surface area contributed by atoms with Crippen molar-refractivity contribution in [1.82, 2.24) is 10.2 Å². The molecule has 1 fully saturated rings. The lowest BCUT2D eigenvalue weighted by atomic mass is 9.86. The van der Waals surface area contributed by atoms with Gasteiger partial charge in [-0.2, -0.15) is 0 Å².